The van der Waals surface area contributed by atoms with Crippen LogP contribution in [0.15, 0.2) is 48.0 Å². The lowest BCUT2D eigenvalue weighted by molar-refractivity contribution is 0.0525. The fourth-order valence-corrected chi connectivity index (χ4v) is 4.38. The van der Waals surface area contributed by atoms with Crippen molar-refractivity contribution in [3.05, 3.63) is 64.1 Å². The molecule has 0 spiro atoms. The Labute approximate surface area is 164 Å². The number of nitrogens with one attached hydrogen (secondary N) is 1. The SMILES string of the molecule is CCOC(=O)c1cnn(-c2nc3ccccc3s2)c1CNCc1cccs1. The van der Waals surface area contributed by atoms with Gasteiger partial charge in [-0.25, -0.2) is 14.5 Å². The number of hydrogen-bond donors (Lipinski definition) is 1. The highest BCUT2D eigenvalue weighted by Crippen LogP contribution is 2.26. The van der Waals surface area contributed by atoms with E-state index in [0.29, 0.717) is 18.7 Å². The molecule has 6 nitrogen and oxygen atoms in total. The molecule has 0 bridgehead atoms. The summed E-state index contributed by atoms with van der Waals surface area (Å²) in [7, 11) is 0. The van der Waals surface area contributed by atoms with E-state index in [9.17, 15) is 4.79 Å². The molecule has 0 saturated carbocycles. The molecule has 27 heavy (non-hydrogen) atoms. The van der Waals surface area contributed by atoms with Crippen LogP contribution in [-0.2, 0) is 17.8 Å². The number of aromatic nitrogens is 3. The Hall–Kier alpha value is -2.55. The molecular weight excluding hydrogens is 380 g/mol. The summed E-state index contributed by atoms with van der Waals surface area (Å²) in [4.78, 5) is 18.3. The fraction of sp³-hybridized carbons (Fsp3) is 0.211. The minimum absolute atomic E-state index is 0.327. The maximum Gasteiger partial charge on any atom is 0.341 e. The van der Waals surface area contributed by atoms with Crippen LogP contribution in [0.25, 0.3) is 15.3 Å². The monoisotopic (exact) mass is 398 g/mol. The van der Waals surface area contributed by atoms with Crippen LogP contribution in [0.5, 0.6) is 0 Å². The highest BCUT2D eigenvalue weighted by Gasteiger charge is 2.21. The number of fused-ring (bicyclic) bond motifs is 1. The summed E-state index contributed by atoms with van der Waals surface area (Å²) < 4.78 is 8.01. The lowest BCUT2D eigenvalue weighted by Gasteiger charge is -2.08. The minimum Gasteiger partial charge on any atom is -0.462 e. The second-order valence-electron chi connectivity index (χ2n) is 5.78. The van der Waals surface area contributed by atoms with Crippen molar-refractivity contribution in [2.75, 3.05) is 6.61 Å². The Bertz CT molecular complexity index is 1020. The van der Waals surface area contributed by atoms with Gasteiger partial charge in [0.05, 0.1) is 28.7 Å². The molecule has 3 aromatic heterocycles. The zero-order valence-electron chi connectivity index (χ0n) is 14.7. The van der Waals surface area contributed by atoms with Gasteiger partial charge < -0.3 is 10.1 Å². The summed E-state index contributed by atoms with van der Waals surface area (Å²) in [5, 5.41) is 10.6. The summed E-state index contributed by atoms with van der Waals surface area (Å²) in [6.07, 6.45) is 1.56. The van der Waals surface area contributed by atoms with Gasteiger partial charge in [-0.2, -0.15) is 5.10 Å². The molecule has 138 valence electrons. The molecule has 0 atom stereocenters. The van der Waals surface area contributed by atoms with Crippen molar-refractivity contribution in [1.29, 1.82) is 0 Å². The van der Waals surface area contributed by atoms with Gasteiger partial charge in [-0.1, -0.05) is 29.5 Å². The van der Waals surface area contributed by atoms with E-state index in [-0.39, 0.29) is 5.97 Å². The molecule has 0 fully saturated rings. The number of thiophene rings is 1. The molecule has 0 saturated heterocycles. The zero-order valence-corrected chi connectivity index (χ0v) is 16.3. The molecule has 4 rings (SSSR count). The lowest BCUT2D eigenvalue weighted by Crippen LogP contribution is -2.18. The Morgan fingerprint density at radius 3 is 2.89 bits per heavy atom. The van der Waals surface area contributed by atoms with Crippen LogP contribution in [0.4, 0.5) is 0 Å². The second-order valence-corrected chi connectivity index (χ2v) is 7.83. The van der Waals surface area contributed by atoms with E-state index < -0.39 is 0 Å². The third kappa shape index (κ3) is 3.78. The van der Waals surface area contributed by atoms with Crippen molar-refractivity contribution in [3.63, 3.8) is 0 Å². The Morgan fingerprint density at radius 2 is 2.11 bits per heavy atom. The van der Waals surface area contributed by atoms with Crippen molar-refractivity contribution in [1.82, 2.24) is 20.1 Å². The molecule has 0 aliphatic heterocycles. The van der Waals surface area contributed by atoms with Crippen LogP contribution in [0.2, 0.25) is 0 Å². The predicted molar refractivity (Wildman–Crippen MR) is 108 cm³/mol. The summed E-state index contributed by atoms with van der Waals surface area (Å²) >= 11 is 3.24. The van der Waals surface area contributed by atoms with Crippen molar-refractivity contribution >= 4 is 38.9 Å². The lowest BCUT2D eigenvalue weighted by atomic mass is 10.2. The first-order valence-corrected chi connectivity index (χ1v) is 10.3. The van der Waals surface area contributed by atoms with Gasteiger partial charge in [0, 0.05) is 18.0 Å². The van der Waals surface area contributed by atoms with E-state index in [4.69, 9.17) is 4.74 Å². The average Bonchev–Trinajstić information content (AvgIpc) is 3.41. The molecule has 8 heteroatoms. The summed E-state index contributed by atoms with van der Waals surface area (Å²) in [6, 6.07) is 12.1. The van der Waals surface area contributed by atoms with Gasteiger partial charge in [0.25, 0.3) is 0 Å². The van der Waals surface area contributed by atoms with Crippen LogP contribution >= 0.6 is 22.7 Å². The first-order chi connectivity index (χ1) is 13.3. The number of nitrogens with zero attached hydrogens (tertiary/aromatic N) is 3. The molecule has 0 aliphatic rings. The number of hydrogen-bond acceptors (Lipinski definition) is 7. The van der Waals surface area contributed by atoms with E-state index >= 15 is 0 Å². The van der Waals surface area contributed by atoms with Crippen LogP contribution in [-0.4, -0.2) is 27.3 Å². The van der Waals surface area contributed by atoms with E-state index in [1.165, 1.54) is 4.88 Å². The number of esters is 1. The highest BCUT2D eigenvalue weighted by molar-refractivity contribution is 7.20. The standard InChI is InChI=1S/C19H18N4O2S2/c1-2-25-18(24)14-11-21-23(16(14)12-20-10-13-6-5-9-26-13)19-22-15-7-3-4-8-17(15)27-19/h3-9,11,20H,2,10,12H2,1H3. The van der Waals surface area contributed by atoms with Gasteiger partial charge in [-0.15, -0.1) is 11.3 Å². The summed E-state index contributed by atoms with van der Waals surface area (Å²) in [5.41, 5.74) is 2.14. The summed E-state index contributed by atoms with van der Waals surface area (Å²) in [6.45, 7) is 3.34. The number of para-hydroxylation sites is 1. The molecular formula is C19H18N4O2S2. The van der Waals surface area contributed by atoms with E-state index in [1.54, 1.807) is 40.5 Å². The van der Waals surface area contributed by atoms with Gasteiger partial charge in [0.1, 0.15) is 5.56 Å². The molecule has 3 heterocycles. The summed E-state index contributed by atoms with van der Waals surface area (Å²) in [5.74, 6) is -0.363. The topological polar surface area (TPSA) is 69.0 Å². The number of carbonyl (C=O) groups is 1. The molecule has 1 N–H and O–H groups in total. The van der Waals surface area contributed by atoms with Gasteiger partial charge in [-0.05, 0) is 30.5 Å². The van der Waals surface area contributed by atoms with Crippen LogP contribution in [0.1, 0.15) is 27.9 Å². The van der Waals surface area contributed by atoms with E-state index in [2.05, 4.69) is 21.5 Å². The molecule has 1 aromatic carbocycles. The maximum atomic E-state index is 12.4. The Balaban J connectivity index is 1.66. The van der Waals surface area contributed by atoms with Gasteiger partial charge in [0.15, 0.2) is 0 Å². The van der Waals surface area contributed by atoms with Crippen LogP contribution in [0.3, 0.4) is 0 Å². The third-order valence-corrected chi connectivity index (χ3v) is 5.89. The first kappa shape index (κ1) is 17.8. The van der Waals surface area contributed by atoms with E-state index in [0.717, 1.165) is 27.6 Å². The normalized spacial score (nSPS) is 11.1. The van der Waals surface area contributed by atoms with Crippen molar-refractivity contribution in [2.24, 2.45) is 0 Å². The van der Waals surface area contributed by atoms with Crippen molar-refractivity contribution in [2.45, 2.75) is 20.0 Å². The number of carbonyl (C=O) groups excluding carboxylic acids is 1. The zero-order chi connectivity index (χ0) is 18.6. The van der Waals surface area contributed by atoms with E-state index in [1.807, 2.05) is 35.7 Å². The van der Waals surface area contributed by atoms with Crippen LogP contribution in [0, 0.1) is 0 Å². The maximum absolute atomic E-state index is 12.4. The largest absolute Gasteiger partial charge is 0.462 e. The fourth-order valence-electron chi connectivity index (χ4n) is 2.76. The molecule has 0 unspecified atom stereocenters. The Morgan fingerprint density at radius 1 is 1.22 bits per heavy atom. The van der Waals surface area contributed by atoms with Gasteiger partial charge in [-0.3, -0.25) is 0 Å². The quantitative estimate of drug-likeness (QED) is 0.476. The van der Waals surface area contributed by atoms with Crippen LogP contribution < -0.4 is 5.32 Å². The van der Waals surface area contributed by atoms with Crippen molar-refractivity contribution < 1.29 is 9.53 Å². The number of rotatable bonds is 7. The first-order valence-electron chi connectivity index (χ1n) is 8.59. The third-order valence-electron chi connectivity index (χ3n) is 4.00. The molecule has 0 radical (unpaired) electrons. The number of benzene rings is 1. The van der Waals surface area contributed by atoms with Gasteiger partial charge in [0.2, 0.25) is 5.13 Å². The number of ether oxygens (including phenoxy) is 1. The molecule has 0 aliphatic carbocycles. The molecule has 0 amide bonds. The average molecular weight is 399 g/mol. The minimum atomic E-state index is -0.363. The van der Waals surface area contributed by atoms with Gasteiger partial charge >= 0.3 is 5.97 Å². The Kier molecular flexibility index (Phi) is 5.28. The predicted octanol–water partition coefficient (Wildman–Crippen LogP) is 4.01. The molecule has 4 aromatic rings. The smallest absolute Gasteiger partial charge is 0.341 e. The number of thiazole rings is 1. The highest BCUT2D eigenvalue weighted by atomic mass is 32.1. The van der Waals surface area contributed by atoms with Crippen molar-refractivity contribution in [3.8, 4) is 5.13 Å². The second kappa shape index (κ2) is 7.99.